The molecule has 0 fully saturated rings. The van der Waals surface area contributed by atoms with Crippen molar-refractivity contribution in [1.29, 1.82) is 0 Å². The molecule has 0 saturated carbocycles. The topological polar surface area (TPSA) is 55.4 Å². The number of rotatable bonds is 10. The molecule has 0 aliphatic rings. The number of benzene rings is 4. The molecule has 0 unspecified atom stereocenters. The summed E-state index contributed by atoms with van der Waals surface area (Å²) in [5.41, 5.74) is 4.07. The van der Waals surface area contributed by atoms with Gasteiger partial charge in [-0.2, -0.15) is 0 Å². The van der Waals surface area contributed by atoms with E-state index in [1.54, 1.807) is 42.7 Å². The van der Waals surface area contributed by atoms with Crippen LogP contribution in [0.4, 0.5) is 0 Å². The van der Waals surface area contributed by atoms with Crippen molar-refractivity contribution in [3.05, 3.63) is 82.9 Å². The summed E-state index contributed by atoms with van der Waals surface area (Å²) >= 11 is 0. The van der Waals surface area contributed by atoms with Crippen LogP contribution in [0.1, 0.15) is 22.3 Å². The van der Waals surface area contributed by atoms with E-state index in [1.165, 1.54) is 0 Å². The third-order valence-electron chi connectivity index (χ3n) is 6.27. The third kappa shape index (κ3) is 5.39. The first-order valence-electron chi connectivity index (χ1n) is 12.0. The van der Waals surface area contributed by atoms with Crippen LogP contribution in [0, 0.1) is 0 Å². The van der Waals surface area contributed by atoms with E-state index in [4.69, 9.17) is 28.4 Å². The minimum atomic E-state index is 0.570. The van der Waals surface area contributed by atoms with E-state index < -0.39 is 0 Å². The van der Waals surface area contributed by atoms with Gasteiger partial charge < -0.3 is 28.4 Å². The van der Waals surface area contributed by atoms with Crippen LogP contribution in [0.5, 0.6) is 34.5 Å². The van der Waals surface area contributed by atoms with Crippen LogP contribution >= 0.6 is 0 Å². The Kier molecular flexibility index (Phi) is 8.44. The molecule has 196 valence electrons. The highest BCUT2D eigenvalue weighted by molar-refractivity contribution is 5.98. The molecule has 6 nitrogen and oxygen atoms in total. The van der Waals surface area contributed by atoms with Crippen LogP contribution in [0.15, 0.2) is 60.7 Å². The second-order valence-electron chi connectivity index (χ2n) is 8.37. The van der Waals surface area contributed by atoms with Crippen molar-refractivity contribution in [2.75, 3.05) is 42.7 Å². The molecule has 0 saturated heterocycles. The molecule has 4 aromatic carbocycles. The zero-order valence-corrected chi connectivity index (χ0v) is 22.5. The van der Waals surface area contributed by atoms with Crippen molar-refractivity contribution >= 4 is 35.1 Å². The minimum Gasteiger partial charge on any atom is -0.493 e. The summed E-state index contributed by atoms with van der Waals surface area (Å²) in [6.07, 6.45) is 8.26. The molecule has 0 aliphatic heterocycles. The van der Waals surface area contributed by atoms with E-state index in [-0.39, 0.29) is 0 Å². The Bertz CT molecular complexity index is 1320. The van der Waals surface area contributed by atoms with Crippen LogP contribution in [-0.4, -0.2) is 42.7 Å². The lowest BCUT2D eigenvalue weighted by molar-refractivity contribution is 0.324. The van der Waals surface area contributed by atoms with Gasteiger partial charge in [0.05, 0.1) is 42.7 Å². The van der Waals surface area contributed by atoms with E-state index in [0.29, 0.717) is 34.5 Å². The molecule has 0 spiro atoms. The molecule has 0 bridgehead atoms. The smallest absolute Gasteiger partial charge is 0.203 e. The molecule has 0 N–H and O–H groups in total. The minimum absolute atomic E-state index is 0.570. The quantitative estimate of drug-likeness (QED) is 0.209. The molecule has 6 heteroatoms. The number of hydrogen-bond acceptors (Lipinski definition) is 6. The molecule has 0 radical (unpaired) electrons. The van der Waals surface area contributed by atoms with E-state index in [9.17, 15) is 0 Å². The third-order valence-corrected chi connectivity index (χ3v) is 6.27. The Morgan fingerprint density at radius 2 is 0.763 bits per heavy atom. The van der Waals surface area contributed by atoms with Crippen molar-refractivity contribution in [1.82, 2.24) is 0 Å². The average Bonchev–Trinajstić information content (AvgIpc) is 2.97. The van der Waals surface area contributed by atoms with Gasteiger partial charge in [-0.05, 0) is 57.3 Å². The largest absolute Gasteiger partial charge is 0.493 e. The van der Waals surface area contributed by atoms with Crippen molar-refractivity contribution in [2.45, 2.75) is 0 Å². The maximum absolute atomic E-state index is 5.49. The standard InChI is InChI=1S/C32H32O6/c1-33-27-17-21(18-28(34-2)31(27)37-5)13-15-23-9-7-12-26-24(10-8-11-25(23)26)16-14-22-19-29(35-3)32(38-6)30(20-22)36-4/h7-20H,1-6H3/b15-13+,16-14+. The summed E-state index contributed by atoms with van der Waals surface area (Å²) in [5, 5.41) is 2.28. The van der Waals surface area contributed by atoms with Gasteiger partial charge in [0.1, 0.15) is 0 Å². The molecule has 0 amide bonds. The van der Waals surface area contributed by atoms with Gasteiger partial charge in [0.25, 0.3) is 0 Å². The maximum Gasteiger partial charge on any atom is 0.203 e. The summed E-state index contributed by atoms with van der Waals surface area (Å²) < 4.78 is 32.9. The Labute approximate surface area is 223 Å². The maximum atomic E-state index is 5.49. The number of methoxy groups -OCH3 is 6. The van der Waals surface area contributed by atoms with Crippen LogP contribution < -0.4 is 28.4 Å². The van der Waals surface area contributed by atoms with Gasteiger partial charge in [0.2, 0.25) is 11.5 Å². The van der Waals surface area contributed by atoms with Crippen molar-refractivity contribution in [2.24, 2.45) is 0 Å². The SMILES string of the molecule is COc1cc(/C=C/c2cccc3c(/C=C/c4cc(OC)c(OC)c(OC)c4)cccc23)cc(OC)c1OC. The van der Waals surface area contributed by atoms with E-state index in [1.807, 2.05) is 36.4 Å². The van der Waals surface area contributed by atoms with Crippen LogP contribution in [0.25, 0.3) is 35.1 Å². The number of ether oxygens (including phenoxy) is 6. The molecule has 38 heavy (non-hydrogen) atoms. The van der Waals surface area contributed by atoms with E-state index in [2.05, 4.69) is 48.6 Å². The first kappa shape index (κ1) is 26.5. The van der Waals surface area contributed by atoms with Crippen molar-refractivity contribution in [3.8, 4) is 34.5 Å². The zero-order chi connectivity index (χ0) is 27.1. The Morgan fingerprint density at radius 1 is 0.421 bits per heavy atom. The van der Waals surface area contributed by atoms with Crippen molar-refractivity contribution in [3.63, 3.8) is 0 Å². The van der Waals surface area contributed by atoms with E-state index in [0.717, 1.165) is 33.0 Å². The molecule has 0 aromatic heterocycles. The molecule has 4 rings (SSSR count). The molecule has 0 heterocycles. The lowest BCUT2D eigenvalue weighted by Crippen LogP contribution is -1.95. The second kappa shape index (κ2) is 12.1. The molecular weight excluding hydrogens is 480 g/mol. The molecular formula is C32H32O6. The highest BCUT2D eigenvalue weighted by Crippen LogP contribution is 2.40. The fourth-order valence-corrected chi connectivity index (χ4v) is 4.42. The number of hydrogen-bond donors (Lipinski definition) is 0. The van der Waals surface area contributed by atoms with Crippen LogP contribution in [-0.2, 0) is 0 Å². The summed E-state index contributed by atoms with van der Waals surface area (Å²) in [7, 11) is 9.65. The average molecular weight is 513 g/mol. The highest BCUT2D eigenvalue weighted by atomic mass is 16.5. The Balaban J connectivity index is 1.70. The monoisotopic (exact) mass is 512 g/mol. The van der Waals surface area contributed by atoms with Crippen LogP contribution in [0.2, 0.25) is 0 Å². The van der Waals surface area contributed by atoms with Crippen LogP contribution in [0.3, 0.4) is 0 Å². The van der Waals surface area contributed by atoms with Gasteiger partial charge in [-0.1, -0.05) is 60.7 Å². The summed E-state index contributed by atoms with van der Waals surface area (Å²) in [6, 6.07) is 20.3. The van der Waals surface area contributed by atoms with Gasteiger partial charge in [-0.15, -0.1) is 0 Å². The second-order valence-corrected chi connectivity index (χ2v) is 8.37. The highest BCUT2D eigenvalue weighted by Gasteiger charge is 2.13. The van der Waals surface area contributed by atoms with E-state index >= 15 is 0 Å². The van der Waals surface area contributed by atoms with Gasteiger partial charge in [-0.25, -0.2) is 0 Å². The Morgan fingerprint density at radius 3 is 1.05 bits per heavy atom. The normalized spacial score (nSPS) is 11.2. The predicted octanol–water partition coefficient (Wildman–Crippen LogP) is 7.23. The lowest BCUT2D eigenvalue weighted by Gasteiger charge is -2.13. The molecule has 0 atom stereocenters. The van der Waals surface area contributed by atoms with Crippen molar-refractivity contribution < 1.29 is 28.4 Å². The first-order valence-corrected chi connectivity index (χ1v) is 12.0. The van der Waals surface area contributed by atoms with Gasteiger partial charge in [0, 0.05) is 0 Å². The number of fused-ring (bicyclic) bond motifs is 1. The zero-order valence-electron chi connectivity index (χ0n) is 22.5. The van der Waals surface area contributed by atoms with Gasteiger partial charge in [-0.3, -0.25) is 0 Å². The predicted molar refractivity (Wildman–Crippen MR) is 154 cm³/mol. The summed E-state index contributed by atoms with van der Waals surface area (Å²) in [4.78, 5) is 0. The van der Waals surface area contributed by atoms with Gasteiger partial charge >= 0.3 is 0 Å². The fourth-order valence-electron chi connectivity index (χ4n) is 4.42. The fraction of sp³-hybridized carbons (Fsp3) is 0.188. The molecule has 4 aromatic rings. The lowest BCUT2D eigenvalue weighted by atomic mass is 9.98. The van der Waals surface area contributed by atoms with Gasteiger partial charge in [0.15, 0.2) is 23.0 Å². The summed E-state index contributed by atoms with van der Waals surface area (Å²) in [6.45, 7) is 0. The summed E-state index contributed by atoms with van der Waals surface area (Å²) in [5.74, 6) is 3.60. The first-order chi connectivity index (χ1) is 18.6. The Hall–Kier alpha value is -4.58. The molecule has 0 aliphatic carbocycles.